The highest BCUT2D eigenvalue weighted by atomic mass is 19.4. The molecule has 1 aromatic heterocycles. The Morgan fingerprint density at radius 1 is 1.18 bits per heavy atom. The number of hydrogen-bond donors (Lipinski definition) is 1. The maximum absolute atomic E-state index is 13.1. The largest absolute Gasteiger partial charge is 0.483 e. The molecule has 0 aliphatic heterocycles. The molecule has 2 aromatic carbocycles. The average molecular weight is 390 g/mol. The summed E-state index contributed by atoms with van der Waals surface area (Å²) in [6, 6.07) is 8.55. The Morgan fingerprint density at radius 2 is 1.89 bits per heavy atom. The number of halogens is 3. The Hall–Kier alpha value is -3.36. The van der Waals surface area contributed by atoms with Gasteiger partial charge in [0.25, 0.3) is 5.91 Å². The first kappa shape index (κ1) is 19.4. The van der Waals surface area contributed by atoms with Gasteiger partial charge in [-0.3, -0.25) is 4.79 Å². The first-order valence-corrected chi connectivity index (χ1v) is 8.31. The number of anilines is 1. The number of carbonyl (C=O) groups excluding carboxylic acids is 1. The monoisotopic (exact) mass is 390 g/mol. The molecule has 0 atom stereocenters. The summed E-state index contributed by atoms with van der Waals surface area (Å²) < 4.78 is 46.0. The lowest BCUT2D eigenvalue weighted by Crippen LogP contribution is -2.22. The van der Waals surface area contributed by atoms with E-state index in [0.717, 1.165) is 23.3 Å². The summed E-state index contributed by atoms with van der Waals surface area (Å²) in [5.74, 6) is -0.0264. The fraction of sp³-hybridized carbons (Fsp3) is 0.211. The van der Waals surface area contributed by atoms with Crippen molar-refractivity contribution in [3.05, 3.63) is 65.7 Å². The molecule has 1 heterocycles. The summed E-state index contributed by atoms with van der Waals surface area (Å²) in [6.45, 7) is 3.34. The van der Waals surface area contributed by atoms with Crippen LogP contribution >= 0.6 is 0 Å². The zero-order valence-corrected chi connectivity index (χ0v) is 15.1. The molecule has 0 bridgehead atoms. The number of amides is 1. The maximum Gasteiger partial charge on any atom is 0.416 e. The molecule has 0 fully saturated rings. The molecule has 0 unspecified atom stereocenters. The van der Waals surface area contributed by atoms with E-state index in [1.165, 1.54) is 23.4 Å². The number of nitrogens with one attached hydrogen (secondary N) is 1. The number of alkyl halides is 3. The molecule has 0 aliphatic carbocycles. The van der Waals surface area contributed by atoms with E-state index in [2.05, 4.69) is 15.4 Å². The van der Waals surface area contributed by atoms with Gasteiger partial charge in [-0.25, -0.2) is 9.67 Å². The number of carbonyl (C=O) groups is 1. The maximum atomic E-state index is 13.1. The highest BCUT2D eigenvalue weighted by Crippen LogP contribution is 2.33. The molecule has 3 aromatic rings. The van der Waals surface area contributed by atoms with E-state index in [1.54, 1.807) is 0 Å². The summed E-state index contributed by atoms with van der Waals surface area (Å²) >= 11 is 0. The topological polar surface area (TPSA) is 69.0 Å². The predicted molar refractivity (Wildman–Crippen MR) is 96.4 cm³/mol. The summed E-state index contributed by atoms with van der Waals surface area (Å²) in [6.07, 6.45) is -1.98. The number of para-hydroxylation sites is 1. The Morgan fingerprint density at radius 3 is 2.50 bits per heavy atom. The van der Waals surface area contributed by atoms with Gasteiger partial charge in [-0.15, -0.1) is 0 Å². The average Bonchev–Trinajstić information content (AvgIpc) is 3.15. The van der Waals surface area contributed by atoms with Gasteiger partial charge in [0.2, 0.25) is 0 Å². The van der Waals surface area contributed by atoms with Crippen LogP contribution in [0.25, 0.3) is 5.69 Å². The summed E-state index contributed by atoms with van der Waals surface area (Å²) in [5.41, 5.74) is 1.04. The lowest BCUT2D eigenvalue weighted by Gasteiger charge is -2.15. The van der Waals surface area contributed by atoms with Crippen LogP contribution in [0.5, 0.6) is 5.75 Å². The fourth-order valence-corrected chi connectivity index (χ4v) is 2.70. The highest BCUT2D eigenvalue weighted by molar-refractivity contribution is 5.94. The van der Waals surface area contributed by atoms with Gasteiger partial charge in [-0.2, -0.15) is 18.3 Å². The molecule has 0 saturated heterocycles. The SMILES string of the molecule is Cc1cccc(C)c1OCC(=O)Nc1cc(C(F)(F)F)ccc1-n1cncn1. The minimum Gasteiger partial charge on any atom is -0.483 e. The van der Waals surface area contributed by atoms with Crippen LogP contribution < -0.4 is 10.1 Å². The highest BCUT2D eigenvalue weighted by Gasteiger charge is 2.31. The Kier molecular flexibility index (Phi) is 5.34. The van der Waals surface area contributed by atoms with E-state index in [4.69, 9.17) is 4.74 Å². The smallest absolute Gasteiger partial charge is 0.416 e. The summed E-state index contributed by atoms with van der Waals surface area (Å²) in [4.78, 5) is 16.1. The molecule has 6 nitrogen and oxygen atoms in total. The van der Waals surface area contributed by atoms with Gasteiger partial charge < -0.3 is 10.1 Å². The van der Waals surface area contributed by atoms with Crippen LogP contribution in [0.3, 0.4) is 0 Å². The molecule has 0 spiro atoms. The van der Waals surface area contributed by atoms with E-state index in [1.807, 2.05) is 32.0 Å². The van der Waals surface area contributed by atoms with E-state index in [9.17, 15) is 18.0 Å². The normalized spacial score (nSPS) is 11.3. The number of ether oxygens (including phenoxy) is 1. The molecular weight excluding hydrogens is 373 g/mol. The fourth-order valence-electron chi connectivity index (χ4n) is 2.70. The van der Waals surface area contributed by atoms with Crippen molar-refractivity contribution >= 4 is 11.6 Å². The first-order chi connectivity index (χ1) is 13.3. The van der Waals surface area contributed by atoms with E-state index in [-0.39, 0.29) is 18.0 Å². The second kappa shape index (κ2) is 7.71. The third kappa shape index (κ3) is 4.30. The van der Waals surface area contributed by atoms with Crippen LogP contribution in [0.15, 0.2) is 49.1 Å². The van der Waals surface area contributed by atoms with Crippen LogP contribution in [-0.4, -0.2) is 27.3 Å². The quantitative estimate of drug-likeness (QED) is 0.717. The molecule has 0 aliphatic rings. The zero-order valence-electron chi connectivity index (χ0n) is 15.1. The minimum absolute atomic E-state index is 0.0459. The van der Waals surface area contributed by atoms with Crippen molar-refractivity contribution in [2.75, 3.05) is 11.9 Å². The number of hydrogen-bond acceptors (Lipinski definition) is 4. The molecule has 9 heteroatoms. The van der Waals surface area contributed by atoms with E-state index < -0.39 is 17.6 Å². The van der Waals surface area contributed by atoms with Gasteiger partial charge in [-0.05, 0) is 43.2 Å². The van der Waals surface area contributed by atoms with Crippen molar-refractivity contribution in [2.24, 2.45) is 0 Å². The van der Waals surface area contributed by atoms with Crippen molar-refractivity contribution in [1.29, 1.82) is 0 Å². The van der Waals surface area contributed by atoms with Crippen molar-refractivity contribution in [3.63, 3.8) is 0 Å². The predicted octanol–water partition coefficient (Wildman–Crippen LogP) is 3.92. The van der Waals surface area contributed by atoms with Crippen LogP contribution in [0.2, 0.25) is 0 Å². The molecular formula is C19H17F3N4O2. The van der Waals surface area contributed by atoms with Crippen molar-refractivity contribution in [1.82, 2.24) is 14.8 Å². The van der Waals surface area contributed by atoms with Gasteiger partial charge >= 0.3 is 6.18 Å². The number of benzene rings is 2. The zero-order chi connectivity index (χ0) is 20.3. The molecule has 146 valence electrons. The molecule has 1 N–H and O–H groups in total. The minimum atomic E-state index is -4.55. The number of rotatable bonds is 5. The van der Waals surface area contributed by atoms with E-state index >= 15 is 0 Å². The molecule has 1 amide bonds. The molecule has 3 rings (SSSR count). The molecule has 0 radical (unpaired) electrons. The Balaban J connectivity index is 1.82. The second-order valence-corrected chi connectivity index (χ2v) is 6.13. The van der Waals surface area contributed by atoms with Crippen LogP contribution in [0.1, 0.15) is 16.7 Å². The Labute approximate surface area is 159 Å². The molecule has 0 saturated carbocycles. The number of aromatic nitrogens is 3. The van der Waals surface area contributed by atoms with Crippen molar-refractivity contribution in [3.8, 4) is 11.4 Å². The van der Waals surface area contributed by atoms with Crippen molar-refractivity contribution in [2.45, 2.75) is 20.0 Å². The van der Waals surface area contributed by atoms with Crippen LogP contribution in [-0.2, 0) is 11.0 Å². The van der Waals surface area contributed by atoms with Crippen LogP contribution in [0.4, 0.5) is 18.9 Å². The third-order valence-electron chi connectivity index (χ3n) is 4.02. The Bertz CT molecular complexity index is 965. The van der Waals surface area contributed by atoms with Gasteiger partial charge in [-0.1, -0.05) is 18.2 Å². The van der Waals surface area contributed by atoms with Crippen LogP contribution in [0, 0.1) is 13.8 Å². The van der Waals surface area contributed by atoms with Gasteiger partial charge in [0.1, 0.15) is 18.4 Å². The van der Waals surface area contributed by atoms with Gasteiger partial charge in [0.15, 0.2) is 6.61 Å². The lowest BCUT2D eigenvalue weighted by atomic mass is 10.1. The van der Waals surface area contributed by atoms with Gasteiger partial charge in [0.05, 0.1) is 16.9 Å². The first-order valence-electron chi connectivity index (χ1n) is 8.31. The third-order valence-corrected chi connectivity index (χ3v) is 4.02. The summed E-state index contributed by atoms with van der Waals surface area (Å²) in [7, 11) is 0. The number of aryl methyl sites for hydroxylation is 2. The molecule has 28 heavy (non-hydrogen) atoms. The second-order valence-electron chi connectivity index (χ2n) is 6.13. The van der Waals surface area contributed by atoms with Crippen molar-refractivity contribution < 1.29 is 22.7 Å². The standard InChI is InChI=1S/C19H17F3N4O2/c1-12-4-3-5-13(2)18(12)28-9-17(27)25-15-8-14(19(20,21)22)6-7-16(15)26-11-23-10-24-26/h3-8,10-11H,9H2,1-2H3,(H,25,27). The summed E-state index contributed by atoms with van der Waals surface area (Å²) in [5, 5.41) is 6.37. The number of nitrogens with zero attached hydrogens (tertiary/aromatic N) is 3. The lowest BCUT2D eigenvalue weighted by molar-refractivity contribution is -0.137. The van der Waals surface area contributed by atoms with E-state index in [0.29, 0.717) is 5.75 Å². The van der Waals surface area contributed by atoms with Gasteiger partial charge in [0, 0.05) is 0 Å².